The van der Waals surface area contributed by atoms with E-state index in [2.05, 4.69) is 4.98 Å². The predicted molar refractivity (Wildman–Crippen MR) is 96.8 cm³/mol. The number of aromatic nitrogens is 1. The van der Waals surface area contributed by atoms with Crippen LogP contribution in [0.1, 0.15) is 5.56 Å². The fourth-order valence-electron chi connectivity index (χ4n) is 3.04. The van der Waals surface area contributed by atoms with Crippen molar-refractivity contribution in [1.29, 1.82) is 0 Å². The molecule has 0 radical (unpaired) electrons. The Hall–Kier alpha value is -2.73. The van der Waals surface area contributed by atoms with Gasteiger partial charge in [-0.1, -0.05) is 12.1 Å². The van der Waals surface area contributed by atoms with E-state index in [4.69, 9.17) is 4.42 Å². The fourth-order valence-corrected chi connectivity index (χ4v) is 3.60. The zero-order chi connectivity index (χ0) is 17.7. The van der Waals surface area contributed by atoms with Crippen molar-refractivity contribution in [1.82, 2.24) is 4.98 Å². The number of furan rings is 1. The van der Waals surface area contributed by atoms with E-state index < -0.39 is 16.6 Å². The third-order valence-electron chi connectivity index (χ3n) is 4.29. The quantitative estimate of drug-likeness (QED) is 0.588. The summed E-state index contributed by atoms with van der Waals surface area (Å²) in [6.45, 7) is 1.71. The van der Waals surface area contributed by atoms with Gasteiger partial charge in [-0.2, -0.15) is 0 Å². The summed E-state index contributed by atoms with van der Waals surface area (Å²) in [6, 6.07) is 11.4. The highest BCUT2D eigenvalue weighted by Gasteiger charge is 2.18. The minimum absolute atomic E-state index is 0.266. The van der Waals surface area contributed by atoms with Gasteiger partial charge < -0.3 is 9.40 Å². The molecule has 0 aliphatic carbocycles. The number of H-pyrrole nitrogens is 1. The Labute approximate surface area is 144 Å². The van der Waals surface area contributed by atoms with Crippen molar-refractivity contribution in [2.24, 2.45) is 0 Å². The normalized spacial score (nSPS) is 12.8. The highest BCUT2D eigenvalue weighted by atomic mass is 32.2. The average molecular weight is 355 g/mol. The van der Waals surface area contributed by atoms with Gasteiger partial charge >= 0.3 is 0 Å². The third-order valence-corrected chi connectivity index (χ3v) is 5.20. The molecule has 25 heavy (non-hydrogen) atoms. The first kappa shape index (κ1) is 15.8. The van der Waals surface area contributed by atoms with E-state index in [-0.39, 0.29) is 5.56 Å². The third kappa shape index (κ3) is 2.49. The van der Waals surface area contributed by atoms with E-state index in [0.29, 0.717) is 38.1 Å². The zero-order valence-electron chi connectivity index (χ0n) is 13.6. The first-order valence-corrected chi connectivity index (χ1v) is 9.20. The van der Waals surface area contributed by atoms with Crippen molar-refractivity contribution in [2.45, 2.75) is 11.8 Å². The summed E-state index contributed by atoms with van der Waals surface area (Å²) < 4.78 is 31.3. The van der Waals surface area contributed by atoms with E-state index in [1.54, 1.807) is 37.4 Å². The van der Waals surface area contributed by atoms with E-state index in [0.717, 1.165) is 5.56 Å². The second-order valence-electron chi connectivity index (χ2n) is 5.88. The molecule has 0 spiro atoms. The highest BCUT2D eigenvalue weighted by molar-refractivity contribution is 7.84. The maximum absolute atomic E-state index is 13.6. The number of hydrogen-bond acceptors (Lipinski definition) is 3. The first-order chi connectivity index (χ1) is 12.0. The van der Waals surface area contributed by atoms with Crippen LogP contribution in [0.15, 0.2) is 56.6 Å². The molecule has 0 amide bonds. The number of benzene rings is 2. The Morgan fingerprint density at radius 3 is 2.72 bits per heavy atom. The minimum atomic E-state index is -1.14. The Morgan fingerprint density at radius 1 is 1.16 bits per heavy atom. The number of aromatic amines is 1. The molecule has 4 nitrogen and oxygen atoms in total. The van der Waals surface area contributed by atoms with E-state index >= 15 is 0 Å². The summed E-state index contributed by atoms with van der Waals surface area (Å²) in [5.41, 5.74) is 3.03. The van der Waals surface area contributed by atoms with Gasteiger partial charge in [-0.25, -0.2) is 4.39 Å². The smallest absolute Gasteiger partial charge is 0.252 e. The minimum Gasteiger partial charge on any atom is -0.454 e. The van der Waals surface area contributed by atoms with Crippen LogP contribution in [0.3, 0.4) is 0 Å². The van der Waals surface area contributed by atoms with Crippen molar-refractivity contribution in [3.8, 4) is 11.1 Å². The second-order valence-corrected chi connectivity index (χ2v) is 7.26. The Morgan fingerprint density at radius 2 is 1.96 bits per heavy atom. The molecule has 126 valence electrons. The largest absolute Gasteiger partial charge is 0.454 e. The molecule has 0 saturated heterocycles. The van der Waals surface area contributed by atoms with Crippen LogP contribution in [0, 0.1) is 12.7 Å². The highest BCUT2D eigenvalue weighted by Crippen LogP contribution is 2.35. The van der Waals surface area contributed by atoms with Crippen molar-refractivity contribution in [3.63, 3.8) is 0 Å². The van der Waals surface area contributed by atoms with Crippen LogP contribution >= 0.6 is 0 Å². The summed E-state index contributed by atoms with van der Waals surface area (Å²) in [4.78, 5) is 15.9. The van der Waals surface area contributed by atoms with Crippen molar-refractivity contribution in [2.75, 3.05) is 6.26 Å². The van der Waals surface area contributed by atoms with Crippen molar-refractivity contribution < 1.29 is 13.0 Å². The lowest BCUT2D eigenvalue weighted by Gasteiger charge is -2.07. The molecule has 4 aromatic rings. The number of fused-ring (bicyclic) bond motifs is 3. The van der Waals surface area contributed by atoms with Crippen LogP contribution in [0.4, 0.5) is 4.39 Å². The molecule has 0 saturated carbocycles. The molecule has 1 N–H and O–H groups in total. The van der Waals surface area contributed by atoms with E-state index in [9.17, 15) is 13.4 Å². The second kappa shape index (κ2) is 5.67. The lowest BCUT2D eigenvalue weighted by atomic mass is 10.0. The summed E-state index contributed by atoms with van der Waals surface area (Å²) >= 11 is 0. The van der Waals surface area contributed by atoms with Crippen molar-refractivity contribution in [3.05, 3.63) is 64.2 Å². The lowest BCUT2D eigenvalue weighted by molar-refractivity contribution is 0.626. The number of hydrogen-bond donors (Lipinski definition) is 1. The Bertz CT molecular complexity index is 1220. The average Bonchev–Trinajstić information content (AvgIpc) is 2.93. The molecule has 1 unspecified atom stereocenters. The number of nitrogens with one attached hydrogen (secondary N) is 1. The molecular formula is C19H14FNO3S. The van der Waals surface area contributed by atoms with Gasteiger partial charge in [0.25, 0.3) is 5.56 Å². The molecule has 1 atom stereocenters. The zero-order valence-corrected chi connectivity index (χ0v) is 14.4. The number of pyridine rings is 1. The Kier molecular flexibility index (Phi) is 3.58. The maximum atomic E-state index is 13.6. The standard InChI is InChI=1S/C19H14FNO3S/c1-10-16(11-4-3-5-13(8-11)25(2)23)18-17(21-19(10)22)14-9-12(20)6-7-15(14)24-18/h3-9H,1-2H3,(H,21,22). The molecule has 0 fully saturated rings. The monoisotopic (exact) mass is 355 g/mol. The van der Waals surface area contributed by atoms with Crippen LogP contribution in [0.2, 0.25) is 0 Å². The van der Waals surface area contributed by atoms with Gasteiger partial charge in [0.05, 0.1) is 5.52 Å². The molecule has 2 aromatic carbocycles. The van der Waals surface area contributed by atoms with Gasteiger partial charge in [-0.3, -0.25) is 9.00 Å². The van der Waals surface area contributed by atoms with Crippen molar-refractivity contribution >= 4 is 32.9 Å². The Balaban J connectivity index is 2.14. The van der Waals surface area contributed by atoms with Gasteiger partial charge in [0, 0.05) is 38.5 Å². The summed E-state index contributed by atoms with van der Waals surface area (Å²) in [5, 5.41) is 0.517. The lowest BCUT2D eigenvalue weighted by Crippen LogP contribution is -2.10. The first-order valence-electron chi connectivity index (χ1n) is 7.64. The summed E-state index contributed by atoms with van der Waals surface area (Å²) in [7, 11) is -1.14. The number of halogens is 1. The summed E-state index contributed by atoms with van der Waals surface area (Å²) in [5.74, 6) is -0.401. The van der Waals surface area contributed by atoms with Crippen LogP contribution in [0.5, 0.6) is 0 Å². The molecule has 2 aromatic heterocycles. The fraction of sp³-hybridized carbons (Fsp3) is 0.105. The van der Waals surface area contributed by atoms with Gasteiger partial charge in [0.2, 0.25) is 0 Å². The molecule has 2 heterocycles. The molecule has 0 bridgehead atoms. The van der Waals surface area contributed by atoms with Gasteiger partial charge in [-0.15, -0.1) is 0 Å². The molecule has 6 heteroatoms. The number of rotatable bonds is 2. The topological polar surface area (TPSA) is 63.1 Å². The van der Waals surface area contributed by atoms with Gasteiger partial charge in [-0.05, 0) is 42.8 Å². The van der Waals surface area contributed by atoms with Gasteiger partial charge in [0.1, 0.15) is 11.4 Å². The van der Waals surface area contributed by atoms with Crippen LogP contribution < -0.4 is 5.56 Å². The molecule has 4 rings (SSSR count). The molecule has 0 aliphatic heterocycles. The van der Waals surface area contributed by atoms with Crippen LogP contribution in [-0.4, -0.2) is 15.4 Å². The van der Waals surface area contributed by atoms with Crippen LogP contribution in [-0.2, 0) is 10.8 Å². The van der Waals surface area contributed by atoms with E-state index in [1.165, 1.54) is 12.1 Å². The molecule has 0 aliphatic rings. The van der Waals surface area contributed by atoms with Gasteiger partial charge in [0.15, 0.2) is 5.58 Å². The van der Waals surface area contributed by atoms with Crippen LogP contribution in [0.25, 0.3) is 33.2 Å². The summed E-state index contributed by atoms with van der Waals surface area (Å²) in [6.07, 6.45) is 1.60. The predicted octanol–water partition coefficient (Wildman–Crippen LogP) is 4.13. The van der Waals surface area contributed by atoms with E-state index in [1.807, 2.05) is 6.07 Å². The SMILES string of the molecule is Cc1c(-c2cccc(S(C)=O)c2)c2oc3ccc(F)cc3c2[nH]c1=O. The maximum Gasteiger partial charge on any atom is 0.252 e. The molecular weight excluding hydrogens is 341 g/mol.